The van der Waals surface area contributed by atoms with E-state index in [0.29, 0.717) is 23.5 Å². The van der Waals surface area contributed by atoms with Gasteiger partial charge in [-0.25, -0.2) is 4.79 Å². The molecule has 2 amide bonds. The van der Waals surface area contributed by atoms with Crippen molar-refractivity contribution in [3.05, 3.63) is 83.9 Å². The number of methoxy groups -OCH3 is 2. The summed E-state index contributed by atoms with van der Waals surface area (Å²) in [5.74, 6) is -0.120. The van der Waals surface area contributed by atoms with Gasteiger partial charge in [0.15, 0.2) is 6.61 Å². The summed E-state index contributed by atoms with van der Waals surface area (Å²) in [5, 5.41) is 5.38. The highest BCUT2D eigenvalue weighted by Gasteiger charge is 2.16. The maximum atomic E-state index is 12.6. The van der Waals surface area contributed by atoms with Gasteiger partial charge in [0.05, 0.1) is 25.5 Å². The molecule has 0 heterocycles. The van der Waals surface area contributed by atoms with Gasteiger partial charge in [0.2, 0.25) is 5.91 Å². The number of aryl methyl sites for hydroxylation is 1. The third-order valence-electron chi connectivity index (χ3n) is 4.91. The topological polar surface area (TPSA) is 103 Å². The zero-order valence-corrected chi connectivity index (χ0v) is 19.0. The minimum atomic E-state index is -0.716. The number of benzene rings is 3. The number of para-hydroxylation sites is 1. The molecule has 3 aromatic carbocycles. The molecule has 3 aromatic rings. The molecule has 0 saturated heterocycles. The SMILES string of the molecule is COc1ccc(CCC(=O)Nc2ccccc2C(=O)OCC(=O)Nc2cccc(OC)c2)cc1. The molecule has 176 valence electrons. The van der Waals surface area contributed by atoms with Crippen LogP contribution in [0, 0.1) is 0 Å². The Labute approximate surface area is 197 Å². The lowest BCUT2D eigenvalue weighted by Crippen LogP contribution is -2.22. The lowest BCUT2D eigenvalue weighted by molar-refractivity contribution is -0.119. The van der Waals surface area contributed by atoms with Crippen LogP contribution in [0.1, 0.15) is 22.3 Å². The van der Waals surface area contributed by atoms with E-state index in [2.05, 4.69) is 10.6 Å². The summed E-state index contributed by atoms with van der Waals surface area (Å²) in [5.41, 5.74) is 1.99. The number of hydrogen-bond donors (Lipinski definition) is 2. The fourth-order valence-corrected chi connectivity index (χ4v) is 3.14. The molecular weight excluding hydrogens is 436 g/mol. The fourth-order valence-electron chi connectivity index (χ4n) is 3.14. The summed E-state index contributed by atoms with van der Waals surface area (Å²) in [6.07, 6.45) is 0.769. The largest absolute Gasteiger partial charge is 0.497 e. The van der Waals surface area contributed by atoms with Crippen molar-refractivity contribution in [3.8, 4) is 11.5 Å². The first kappa shape index (κ1) is 24.3. The van der Waals surface area contributed by atoms with E-state index in [1.165, 1.54) is 13.2 Å². The van der Waals surface area contributed by atoms with E-state index < -0.39 is 18.5 Å². The van der Waals surface area contributed by atoms with Crippen LogP contribution in [-0.2, 0) is 20.7 Å². The number of esters is 1. The molecule has 8 heteroatoms. The van der Waals surface area contributed by atoms with Crippen LogP contribution in [0.5, 0.6) is 11.5 Å². The average molecular weight is 463 g/mol. The molecule has 0 atom stereocenters. The summed E-state index contributed by atoms with van der Waals surface area (Å²) in [4.78, 5) is 37.2. The van der Waals surface area contributed by atoms with Crippen LogP contribution in [0.3, 0.4) is 0 Å². The van der Waals surface area contributed by atoms with Crippen LogP contribution in [-0.4, -0.2) is 38.6 Å². The van der Waals surface area contributed by atoms with Crippen LogP contribution in [0.15, 0.2) is 72.8 Å². The predicted octanol–water partition coefficient (Wildman–Crippen LogP) is 4.07. The third-order valence-corrected chi connectivity index (χ3v) is 4.91. The number of anilines is 2. The second-order valence-corrected chi connectivity index (χ2v) is 7.30. The maximum Gasteiger partial charge on any atom is 0.340 e. The van der Waals surface area contributed by atoms with Gasteiger partial charge in [0.1, 0.15) is 11.5 Å². The normalized spacial score (nSPS) is 10.2. The van der Waals surface area contributed by atoms with Crippen molar-refractivity contribution in [2.24, 2.45) is 0 Å². The van der Waals surface area contributed by atoms with Gasteiger partial charge in [0, 0.05) is 18.2 Å². The second kappa shape index (κ2) is 12.1. The number of ether oxygens (including phenoxy) is 3. The van der Waals surface area contributed by atoms with E-state index in [0.717, 1.165) is 11.3 Å². The molecule has 0 aliphatic carbocycles. The van der Waals surface area contributed by atoms with E-state index in [4.69, 9.17) is 14.2 Å². The predicted molar refractivity (Wildman–Crippen MR) is 128 cm³/mol. The van der Waals surface area contributed by atoms with Crippen molar-refractivity contribution in [3.63, 3.8) is 0 Å². The van der Waals surface area contributed by atoms with Gasteiger partial charge < -0.3 is 24.8 Å². The molecule has 34 heavy (non-hydrogen) atoms. The molecule has 2 N–H and O–H groups in total. The van der Waals surface area contributed by atoms with Gasteiger partial charge in [-0.3, -0.25) is 9.59 Å². The number of nitrogens with one attached hydrogen (secondary N) is 2. The highest BCUT2D eigenvalue weighted by molar-refractivity contribution is 6.02. The lowest BCUT2D eigenvalue weighted by Gasteiger charge is -2.11. The van der Waals surface area contributed by atoms with Gasteiger partial charge in [-0.2, -0.15) is 0 Å². The van der Waals surface area contributed by atoms with Crippen molar-refractivity contribution < 1.29 is 28.6 Å². The Morgan fingerprint density at radius 3 is 2.24 bits per heavy atom. The van der Waals surface area contributed by atoms with E-state index >= 15 is 0 Å². The number of amides is 2. The molecule has 0 radical (unpaired) electrons. The minimum Gasteiger partial charge on any atom is -0.497 e. The van der Waals surface area contributed by atoms with Crippen molar-refractivity contribution >= 4 is 29.2 Å². The Bertz CT molecular complexity index is 1140. The summed E-state index contributed by atoms with van der Waals surface area (Å²) in [6.45, 7) is -0.476. The van der Waals surface area contributed by atoms with Crippen molar-refractivity contribution in [2.75, 3.05) is 31.5 Å². The molecule has 0 spiro atoms. The first-order chi connectivity index (χ1) is 16.5. The second-order valence-electron chi connectivity index (χ2n) is 7.30. The van der Waals surface area contributed by atoms with Crippen LogP contribution < -0.4 is 20.1 Å². The first-order valence-corrected chi connectivity index (χ1v) is 10.6. The van der Waals surface area contributed by atoms with Crippen LogP contribution in [0.4, 0.5) is 11.4 Å². The number of rotatable bonds is 10. The van der Waals surface area contributed by atoms with Gasteiger partial charge >= 0.3 is 5.97 Å². The molecule has 0 bridgehead atoms. The molecule has 0 aromatic heterocycles. The van der Waals surface area contributed by atoms with Gasteiger partial charge in [-0.1, -0.05) is 30.3 Å². The van der Waals surface area contributed by atoms with Gasteiger partial charge in [0.25, 0.3) is 5.91 Å². The minimum absolute atomic E-state index is 0.162. The van der Waals surface area contributed by atoms with E-state index in [-0.39, 0.29) is 17.9 Å². The van der Waals surface area contributed by atoms with E-state index in [1.807, 2.05) is 24.3 Å². The Hall–Kier alpha value is -4.33. The standard InChI is InChI=1S/C26H26N2O6/c1-32-20-13-10-18(11-14-20)12-15-24(29)28-23-9-4-3-8-22(23)26(31)34-17-25(30)27-19-6-5-7-21(16-19)33-2/h3-11,13-14,16H,12,15,17H2,1-2H3,(H,27,30)(H,28,29). The third kappa shape index (κ3) is 7.09. The van der Waals surface area contributed by atoms with Crippen molar-refractivity contribution in [2.45, 2.75) is 12.8 Å². The Morgan fingerprint density at radius 1 is 0.765 bits per heavy atom. The Kier molecular flexibility index (Phi) is 8.62. The summed E-state index contributed by atoms with van der Waals surface area (Å²) < 4.78 is 15.4. The molecule has 3 rings (SSSR count). The van der Waals surface area contributed by atoms with Gasteiger partial charge in [-0.15, -0.1) is 0 Å². The smallest absolute Gasteiger partial charge is 0.340 e. The molecule has 0 aliphatic heterocycles. The summed E-state index contributed by atoms with van der Waals surface area (Å²) in [7, 11) is 3.12. The summed E-state index contributed by atoms with van der Waals surface area (Å²) in [6, 6.07) is 20.8. The van der Waals surface area contributed by atoms with Crippen LogP contribution in [0.25, 0.3) is 0 Å². The van der Waals surface area contributed by atoms with Crippen molar-refractivity contribution in [1.29, 1.82) is 0 Å². The molecule has 0 unspecified atom stereocenters. The Morgan fingerprint density at radius 2 is 1.50 bits per heavy atom. The number of carbonyl (C=O) groups is 3. The molecule has 0 aliphatic rings. The average Bonchev–Trinajstić information content (AvgIpc) is 2.86. The molecular formula is C26H26N2O6. The summed E-state index contributed by atoms with van der Waals surface area (Å²) >= 11 is 0. The number of carbonyl (C=O) groups excluding carboxylic acids is 3. The quantitative estimate of drug-likeness (QED) is 0.440. The van der Waals surface area contributed by atoms with E-state index in [1.54, 1.807) is 49.6 Å². The maximum absolute atomic E-state index is 12.6. The fraction of sp³-hybridized carbons (Fsp3) is 0.192. The zero-order chi connectivity index (χ0) is 24.3. The molecule has 8 nitrogen and oxygen atoms in total. The first-order valence-electron chi connectivity index (χ1n) is 10.6. The van der Waals surface area contributed by atoms with Crippen molar-refractivity contribution in [1.82, 2.24) is 0 Å². The van der Waals surface area contributed by atoms with Crippen LogP contribution in [0.2, 0.25) is 0 Å². The highest BCUT2D eigenvalue weighted by Crippen LogP contribution is 2.19. The molecule has 0 saturated carbocycles. The lowest BCUT2D eigenvalue weighted by atomic mass is 10.1. The van der Waals surface area contributed by atoms with Crippen LogP contribution >= 0.6 is 0 Å². The van der Waals surface area contributed by atoms with E-state index in [9.17, 15) is 14.4 Å². The highest BCUT2D eigenvalue weighted by atomic mass is 16.5. The zero-order valence-electron chi connectivity index (χ0n) is 19.0. The monoisotopic (exact) mass is 462 g/mol. The Balaban J connectivity index is 1.53. The van der Waals surface area contributed by atoms with Gasteiger partial charge in [-0.05, 0) is 48.4 Å². The number of hydrogen-bond acceptors (Lipinski definition) is 6. The molecule has 0 fully saturated rings.